The summed E-state index contributed by atoms with van der Waals surface area (Å²) in [7, 11) is 0. The molecule has 0 amide bonds. The van der Waals surface area contributed by atoms with Crippen LogP contribution in [0.25, 0.3) is 0 Å². The van der Waals surface area contributed by atoms with Gasteiger partial charge in [0.05, 0.1) is 0 Å². The fourth-order valence-corrected chi connectivity index (χ4v) is 3.12. The van der Waals surface area contributed by atoms with Crippen LogP contribution in [0.4, 0.5) is 0 Å². The standard InChI is InChI=1S/C18H16S/c1-14-9-11-17(12-10-14)19-18-8-4-7-16(18)13-15-5-2-3-6-15/h2-12H,13H2,1H3. The zero-order valence-corrected chi connectivity index (χ0v) is 11.8. The summed E-state index contributed by atoms with van der Waals surface area (Å²) in [6.07, 6.45) is 16.2. The lowest BCUT2D eigenvalue weighted by atomic mass is 9.92. The Balaban J connectivity index is 1.57. The summed E-state index contributed by atoms with van der Waals surface area (Å²) in [6.45, 7) is 2.12. The Morgan fingerprint density at radius 1 is 0.842 bits per heavy atom. The molecular formula is C18H16S. The minimum Gasteiger partial charge on any atom is -0.117 e. The van der Waals surface area contributed by atoms with Gasteiger partial charge in [0, 0.05) is 10.1 Å². The molecule has 0 aliphatic heterocycles. The van der Waals surface area contributed by atoms with Gasteiger partial charge in [0.25, 0.3) is 0 Å². The second kappa shape index (κ2) is 6.35. The van der Waals surface area contributed by atoms with Crippen LogP contribution < -0.4 is 0 Å². The van der Waals surface area contributed by atoms with Crippen molar-refractivity contribution < 1.29 is 0 Å². The Labute approximate surface area is 122 Å². The summed E-state index contributed by atoms with van der Waals surface area (Å²) in [5, 5.41) is 1.37. The van der Waals surface area contributed by atoms with Gasteiger partial charge in [0.1, 0.15) is 0 Å². The van der Waals surface area contributed by atoms with Gasteiger partial charge in [-0.15, -0.1) is 11.8 Å². The molecule has 1 aromatic rings. The van der Waals surface area contributed by atoms with Crippen molar-refractivity contribution in [1.82, 2.24) is 0 Å². The van der Waals surface area contributed by atoms with Crippen LogP contribution in [0.1, 0.15) is 12.0 Å². The SMILES string of the molecule is Cc1ccc(S[C]2[CH][CH][CH][C]2C[C]2[CH][CH][CH][CH]2)cc1. The highest BCUT2D eigenvalue weighted by molar-refractivity contribution is 8.02. The lowest BCUT2D eigenvalue weighted by molar-refractivity contribution is 0.941. The van der Waals surface area contributed by atoms with Crippen LogP contribution in [0.15, 0.2) is 29.2 Å². The molecule has 0 N–H and O–H groups in total. The van der Waals surface area contributed by atoms with E-state index >= 15 is 0 Å². The second-order valence-electron chi connectivity index (χ2n) is 4.80. The molecule has 0 heterocycles. The molecule has 10 radical (unpaired) electrons. The van der Waals surface area contributed by atoms with Crippen LogP contribution in [0.3, 0.4) is 0 Å². The lowest BCUT2D eigenvalue weighted by Crippen LogP contribution is -2.05. The number of thioether (sulfide) groups is 1. The first-order chi connectivity index (χ1) is 9.31. The molecule has 0 aromatic heterocycles. The minimum absolute atomic E-state index is 1.02. The number of hydrogen-bond donors (Lipinski definition) is 0. The predicted octanol–water partition coefficient (Wildman–Crippen LogP) is 4.62. The van der Waals surface area contributed by atoms with Gasteiger partial charge in [-0.2, -0.15) is 0 Å². The van der Waals surface area contributed by atoms with E-state index in [-0.39, 0.29) is 0 Å². The molecule has 2 saturated carbocycles. The van der Waals surface area contributed by atoms with E-state index in [2.05, 4.69) is 76.1 Å². The first-order valence-electron chi connectivity index (χ1n) is 6.51. The number of aryl methyl sites for hydroxylation is 1. The van der Waals surface area contributed by atoms with Crippen LogP contribution in [-0.4, -0.2) is 0 Å². The van der Waals surface area contributed by atoms with Crippen molar-refractivity contribution in [2.75, 3.05) is 0 Å². The summed E-state index contributed by atoms with van der Waals surface area (Å²) < 4.78 is 0. The van der Waals surface area contributed by atoms with E-state index < -0.39 is 0 Å². The lowest BCUT2D eigenvalue weighted by Gasteiger charge is -2.20. The third kappa shape index (κ3) is 3.56. The van der Waals surface area contributed by atoms with Crippen molar-refractivity contribution in [2.45, 2.75) is 18.2 Å². The molecule has 3 rings (SSSR count). The number of hydrogen-bond acceptors (Lipinski definition) is 1. The molecule has 2 aliphatic carbocycles. The number of rotatable bonds is 4. The van der Waals surface area contributed by atoms with Crippen molar-refractivity contribution in [3.05, 3.63) is 91.9 Å². The molecule has 94 valence electrons. The molecular weight excluding hydrogens is 248 g/mol. The highest BCUT2D eigenvalue weighted by Gasteiger charge is 2.33. The topological polar surface area (TPSA) is 0 Å². The molecule has 0 atom stereocenters. The van der Waals surface area contributed by atoms with E-state index in [1.54, 1.807) is 0 Å². The van der Waals surface area contributed by atoms with E-state index in [0.29, 0.717) is 0 Å². The van der Waals surface area contributed by atoms with Gasteiger partial charge in [0.2, 0.25) is 0 Å². The summed E-state index contributed by atoms with van der Waals surface area (Å²) in [5.74, 6) is 2.80. The summed E-state index contributed by atoms with van der Waals surface area (Å²) in [5.41, 5.74) is 1.31. The van der Waals surface area contributed by atoms with E-state index in [0.717, 1.165) is 6.42 Å². The van der Waals surface area contributed by atoms with Gasteiger partial charge in [0.15, 0.2) is 0 Å². The molecule has 0 saturated heterocycles. The highest BCUT2D eigenvalue weighted by Crippen LogP contribution is 2.49. The first-order valence-corrected chi connectivity index (χ1v) is 7.32. The fraction of sp³-hybridized carbons (Fsp3) is 0.111. The maximum atomic E-state index is 2.23. The largest absolute Gasteiger partial charge is 0.117 e. The van der Waals surface area contributed by atoms with E-state index in [9.17, 15) is 0 Å². The van der Waals surface area contributed by atoms with Crippen LogP contribution in [0.2, 0.25) is 0 Å². The maximum absolute atomic E-state index is 2.23. The quantitative estimate of drug-likeness (QED) is 0.765. The summed E-state index contributed by atoms with van der Waals surface area (Å²) >= 11 is 1.85. The van der Waals surface area contributed by atoms with Gasteiger partial charge in [-0.1, -0.05) is 17.7 Å². The van der Waals surface area contributed by atoms with Gasteiger partial charge in [-0.25, -0.2) is 0 Å². The smallest absolute Gasteiger partial charge is 0.0465 e. The Hall–Kier alpha value is -0.430. The van der Waals surface area contributed by atoms with Gasteiger partial charge in [-0.3, -0.25) is 0 Å². The van der Waals surface area contributed by atoms with Gasteiger partial charge >= 0.3 is 0 Å². The van der Waals surface area contributed by atoms with E-state index in [1.807, 2.05) is 11.8 Å². The van der Waals surface area contributed by atoms with Gasteiger partial charge < -0.3 is 0 Å². The minimum atomic E-state index is 1.02. The molecule has 0 nitrogen and oxygen atoms in total. The predicted molar refractivity (Wildman–Crippen MR) is 81.5 cm³/mol. The normalized spacial score (nSPS) is 22.4. The second-order valence-corrected chi connectivity index (χ2v) is 5.92. The van der Waals surface area contributed by atoms with E-state index in [1.165, 1.54) is 27.5 Å². The highest BCUT2D eigenvalue weighted by atomic mass is 32.2. The van der Waals surface area contributed by atoms with Gasteiger partial charge in [-0.05, 0) is 82.3 Å². The third-order valence-electron chi connectivity index (χ3n) is 3.24. The van der Waals surface area contributed by atoms with Crippen LogP contribution in [-0.2, 0) is 0 Å². The average Bonchev–Trinajstić information content (AvgIpc) is 3.06. The van der Waals surface area contributed by atoms with Crippen LogP contribution >= 0.6 is 11.8 Å². The summed E-state index contributed by atoms with van der Waals surface area (Å²) in [4.78, 5) is 1.31. The van der Waals surface area contributed by atoms with Crippen molar-refractivity contribution in [2.24, 2.45) is 0 Å². The maximum Gasteiger partial charge on any atom is 0.0465 e. The average molecular weight is 264 g/mol. The van der Waals surface area contributed by atoms with Crippen LogP contribution in [0.5, 0.6) is 0 Å². The molecule has 2 fully saturated rings. The third-order valence-corrected chi connectivity index (χ3v) is 4.36. The Kier molecular flexibility index (Phi) is 4.53. The fourth-order valence-electron chi connectivity index (χ4n) is 2.17. The first kappa shape index (κ1) is 13.5. The molecule has 1 aromatic carbocycles. The Bertz CT molecular complexity index is 389. The Morgan fingerprint density at radius 2 is 1.58 bits per heavy atom. The Morgan fingerprint density at radius 3 is 2.32 bits per heavy atom. The molecule has 2 aliphatic rings. The van der Waals surface area contributed by atoms with Crippen molar-refractivity contribution in [1.29, 1.82) is 0 Å². The van der Waals surface area contributed by atoms with Crippen molar-refractivity contribution >= 4 is 11.8 Å². The monoisotopic (exact) mass is 264 g/mol. The van der Waals surface area contributed by atoms with Crippen molar-refractivity contribution in [3.63, 3.8) is 0 Å². The molecule has 0 spiro atoms. The van der Waals surface area contributed by atoms with E-state index in [4.69, 9.17) is 0 Å². The molecule has 19 heavy (non-hydrogen) atoms. The number of benzene rings is 1. The molecule has 0 bridgehead atoms. The molecule has 0 unspecified atom stereocenters. The zero-order chi connectivity index (χ0) is 13.1. The van der Waals surface area contributed by atoms with Crippen LogP contribution in [0, 0.1) is 69.0 Å². The summed E-state index contributed by atoms with van der Waals surface area (Å²) in [6, 6.07) is 8.73. The van der Waals surface area contributed by atoms with Crippen molar-refractivity contribution in [3.8, 4) is 0 Å². The molecule has 1 heteroatoms. The zero-order valence-electron chi connectivity index (χ0n) is 11.0.